The average molecular weight is 422 g/mol. The highest BCUT2D eigenvalue weighted by molar-refractivity contribution is 7.91. The molecule has 2 aromatic rings. The number of likely N-dealkylation sites (N-methyl/N-ethyl adjacent to an activating group) is 1. The first-order valence-electron chi connectivity index (χ1n) is 9.41. The average Bonchev–Trinajstić information content (AvgIpc) is 3.23. The number of carbonyl (C=O) groups is 1. The van der Waals surface area contributed by atoms with Crippen LogP contribution in [-0.4, -0.2) is 57.3 Å². The number of piperidine rings is 1. The highest BCUT2D eigenvalue weighted by Crippen LogP contribution is 2.27. The van der Waals surface area contributed by atoms with Gasteiger partial charge in [-0.25, -0.2) is 8.42 Å². The molecular formula is C20H27N3O3S2. The van der Waals surface area contributed by atoms with Crippen LogP contribution in [0.3, 0.4) is 0 Å². The fourth-order valence-electron chi connectivity index (χ4n) is 3.47. The highest BCUT2D eigenvalue weighted by Gasteiger charge is 2.33. The van der Waals surface area contributed by atoms with Crippen molar-refractivity contribution in [3.63, 3.8) is 0 Å². The second kappa shape index (κ2) is 9.17. The maximum Gasteiger partial charge on any atom is 0.252 e. The molecule has 1 amide bonds. The van der Waals surface area contributed by atoms with Gasteiger partial charge in [0.1, 0.15) is 4.21 Å². The van der Waals surface area contributed by atoms with Crippen LogP contribution < -0.4 is 5.32 Å². The summed E-state index contributed by atoms with van der Waals surface area (Å²) in [6.45, 7) is 1.46. The molecule has 1 fully saturated rings. The van der Waals surface area contributed by atoms with Gasteiger partial charge in [-0.15, -0.1) is 11.3 Å². The molecule has 1 aromatic carbocycles. The van der Waals surface area contributed by atoms with E-state index >= 15 is 0 Å². The SMILES string of the molecule is CN(C)C[C@H](NC(=O)C1CCN(S(=O)(=O)c2cccs2)CC1)c1ccccc1. The Hall–Kier alpha value is -1.74. The number of benzene rings is 1. The number of nitrogens with zero attached hydrogens (tertiary/aromatic N) is 2. The van der Waals surface area contributed by atoms with Crippen LogP contribution in [0.15, 0.2) is 52.1 Å². The Labute approximate surface area is 171 Å². The molecule has 2 heterocycles. The molecule has 6 nitrogen and oxygen atoms in total. The van der Waals surface area contributed by atoms with E-state index in [9.17, 15) is 13.2 Å². The summed E-state index contributed by atoms with van der Waals surface area (Å²) in [5.74, 6) is -0.160. The lowest BCUT2D eigenvalue weighted by Gasteiger charge is -2.31. The summed E-state index contributed by atoms with van der Waals surface area (Å²) >= 11 is 1.23. The third-order valence-electron chi connectivity index (χ3n) is 4.98. The number of carbonyl (C=O) groups excluding carboxylic acids is 1. The fraction of sp³-hybridized carbons (Fsp3) is 0.450. The van der Waals surface area contributed by atoms with Gasteiger partial charge in [-0.3, -0.25) is 4.79 Å². The first-order valence-corrected chi connectivity index (χ1v) is 11.7. The van der Waals surface area contributed by atoms with Crippen LogP contribution >= 0.6 is 11.3 Å². The number of hydrogen-bond donors (Lipinski definition) is 1. The van der Waals surface area contributed by atoms with Crippen molar-refractivity contribution in [1.29, 1.82) is 0 Å². The van der Waals surface area contributed by atoms with Crippen LogP contribution in [0.2, 0.25) is 0 Å². The van der Waals surface area contributed by atoms with Crippen molar-refractivity contribution in [2.24, 2.45) is 5.92 Å². The predicted molar refractivity (Wildman–Crippen MR) is 112 cm³/mol. The van der Waals surface area contributed by atoms with E-state index in [0.717, 1.165) is 5.56 Å². The van der Waals surface area contributed by atoms with Gasteiger partial charge in [0.05, 0.1) is 6.04 Å². The molecular weight excluding hydrogens is 394 g/mol. The van der Waals surface area contributed by atoms with Crippen molar-refractivity contribution in [2.45, 2.75) is 23.1 Å². The van der Waals surface area contributed by atoms with E-state index in [2.05, 4.69) is 5.32 Å². The lowest BCUT2D eigenvalue weighted by molar-refractivity contribution is -0.127. The van der Waals surface area contributed by atoms with Crippen molar-refractivity contribution >= 4 is 27.3 Å². The number of sulfonamides is 1. The second-order valence-corrected chi connectivity index (χ2v) is 10.5. The Balaban J connectivity index is 1.61. The molecule has 1 aliphatic heterocycles. The van der Waals surface area contributed by atoms with Gasteiger partial charge in [0.25, 0.3) is 10.0 Å². The molecule has 0 aliphatic carbocycles. The number of hydrogen-bond acceptors (Lipinski definition) is 5. The maximum atomic E-state index is 12.9. The van der Waals surface area contributed by atoms with E-state index in [4.69, 9.17) is 0 Å². The molecule has 3 rings (SSSR count). The first kappa shape index (κ1) is 21.0. The van der Waals surface area contributed by atoms with Crippen molar-refractivity contribution in [2.75, 3.05) is 33.7 Å². The molecule has 1 aliphatic rings. The summed E-state index contributed by atoms with van der Waals surface area (Å²) in [6.07, 6.45) is 1.08. The van der Waals surface area contributed by atoms with Crippen molar-refractivity contribution < 1.29 is 13.2 Å². The molecule has 0 bridgehead atoms. The Morgan fingerprint density at radius 3 is 2.43 bits per heavy atom. The largest absolute Gasteiger partial charge is 0.348 e. The molecule has 1 N–H and O–H groups in total. The minimum absolute atomic E-state index is 0.00359. The summed E-state index contributed by atoms with van der Waals surface area (Å²) in [7, 11) is 0.528. The van der Waals surface area contributed by atoms with Crippen LogP contribution in [-0.2, 0) is 14.8 Å². The molecule has 8 heteroatoms. The molecule has 0 radical (unpaired) electrons. The zero-order chi connectivity index (χ0) is 20.1. The molecule has 1 atom stereocenters. The van der Waals surface area contributed by atoms with Gasteiger partial charge in [0.2, 0.25) is 5.91 Å². The quantitative estimate of drug-likeness (QED) is 0.746. The van der Waals surface area contributed by atoms with Gasteiger partial charge >= 0.3 is 0 Å². The van der Waals surface area contributed by atoms with E-state index in [0.29, 0.717) is 36.7 Å². The molecule has 0 spiro atoms. The number of nitrogens with one attached hydrogen (secondary N) is 1. The topological polar surface area (TPSA) is 69.7 Å². The van der Waals surface area contributed by atoms with E-state index in [1.807, 2.05) is 49.3 Å². The van der Waals surface area contributed by atoms with Crippen molar-refractivity contribution in [1.82, 2.24) is 14.5 Å². The predicted octanol–water partition coefficient (Wildman–Crippen LogP) is 2.57. The van der Waals surface area contributed by atoms with Gasteiger partial charge in [0.15, 0.2) is 0 Å². The third-order valence-corrected chi connectivity index (χ3v) is 8.25. The van der Waals surface area contributed by atoms with Crippen LogP contribution in [0.5, 0.6) is 0 Å². The molecule has 28 heavy (non-hydrogen) atoms. The van der Waals surface area contributed by atoms with Crippen LogP contribution in [0, 0.1) is 5.92 Å². The summed E-state index contributed by atoms with van der Waals surface area (Å²) in [5.41, 5.74) is 1.07. The molecule has 1 saturated heterocycles. The Morgan fingerprint density at radius 2 is 1.86 bits per heavy atom. The summed E-state index contributed by atoms with van der Waals surface area (Å²) in [4.78, 5) is 14.9. The normalized spacial score (nSPS) is 17.5. The monoisotopic (exact) mass is 421 g/mol. The van der Waals surface area contributed by atoms with Crippen LogP contribution in [0.1, 0.15) is 24.4 Å². The van der Waals surface area contributed by atoms with Crippen LogP contribution in [0.4, 0.5) is 0 Å². The highest BCUT2D eigenvalue weighted by atomic mass is 32.2. The van der Waals surface area contributed by atoms with Gasteiger partial charge in [-0.1, -0.05) is 36.4 Å². The lowest BCUT2D eigenvalue weighted by Crippen LogP contribution is -2.44. The Morgan fingerprint density at radius 1 is 1.18 bits per heavy atom. The lowest BCUT2D eigenvalue weighted by atomic mass is 9.96. The van der Waals surface area contributed by atoms with E-state index < -0.39 is 10.0 Å². The molecule has 0 unspecified atom stereocenters. The Bertz CT molecular complexity index is 859. The minimum atomic E-state index is -3.44. The molecule has 0 saturated carbocycles. The summed E-state index contributed by atoms with van der Waals surface area (Å²) in [5, 5.41) is 4.93. The molecule has 1 aromatic heterocycles. The van der Waals surface area contributed by atoms with Gasteiger partial charge in [0, 0.05) is 25.6 Å². The van der Waals surface area contributed by atoms with E-state index in [-0.39, 0.29) is 17.9 Å². The zero-order valence-corrected chi connectivity index (χ0v) is 17.9. The van der Waals surface area contributed by atoms with Crippen molar-refractivity contribution in [3.05, 3.63) is 53.4 Å². The summed E-state index contributed by atoms with van der Waals surface area (Å²) in [6, 6.07) is 13.2. The number of rotatable bonds is 7. The zero-order valence-electron chi connectivity index (χ0n) is 16.2. The van der Waals surface area contributed by atoms with Gasteiger partial charge < -0.3 is 10.2 Å². The van der Waals surface area contributed by atoms with Gasteiger partial charge in [-0.2, -0.15) is 4.31 Å². The Kier molecular flexibility index (Phi) is 6.87. The standard InChI is InChI=1S/C20H27N3O3S2/c1-22(2)15-18(16-7-4-3-5-8-16)21-20(24)17-10-12-23(13-11-17)28(25,26)19-9-6-14-27-19/h3-9,14,17-18H,10-13,15H2,1-2H3,(H,21,24)/t18-/m0/s1. The van der Waals surface area contributed by atoms with E-state index in [1.165, 1.54) is 15.6 Å². The van der Waals surface area contributed by atoms with Crippen molar-refractivity contribution in [3.8, 4) is 0 Å². The molecule has 152 valence electrons. The number of amides is 1. The summed E-state index contributed by atoms with van der Waals surface area (Å²) < 4.78 is 27.1. The fourth-order valence-corrected chi connectivity index (χ4v) is 6.08. The second-order valence-electron chi connectivity index (χ2n) is 7.34. The van der Waals surface area contributed by atoms with E-state index in [1.54, 1.807) is 17.5 Å². The first-order chi connectivity index (χ1) is 13.4. The number of thiophene rings is 1. The van der Waals surface area contributed by atoms with Crippen LogP contribution in [0.25, 0.3) is 0 Å². The minimum Gasteiger partial charge on any atom is -0.348 e. The third kappa shape index (κ3) is 5.00. The van der Waals surface area contributed by atoms with Gasteiger partial charge in [-0.05, 0) is 43.9 Å². The smallest absolute Gasteiger partial charge is 0.252 e. The maximum absolute atomic E-state index is 12.9.